The summed E-state index contributed by atoms with van der Waals surface area (Å²) in [6.07, 6.45) is 2.72. The van der Waals surface area contributed by atoms with E-state index in [0.29, 0.717) is 11.7 Å². The number of nitriles is 1. The maximum Gasteiger partial charge on any atom is 0.163 e. The first-order chi connectivity index (χ1) is 7.24. The Kier molecular flexibility index (Phi) is 4.11. The summed E-state index contributed by atoms with van der Waals surface area (Å²) in [6, 6.07) is 6.41. The van der Waals surface area contributed by atoms with Crippen molar-refractivity contribution in [3.05, 3.63) is 24.0 Å². The number of hydrogen-bond acceptors (Lipinski definition) is 3. The van der Waals surface area contributed by atoms with Gasteiger partial charge >= 0.3 is 0 Å². The van der Waals surface area contributed by atoms with Crippen LogP contribution < -0.4 is 4.90 Å². The summed E-state index contributed by atoms with van der Waals surface area (Å²) in [6.45, 7) is 7.31. The molecule has 0 bridgehead atoms. The third-order valence-corrected chi connectivity index (χ3v) is 2.67. The predicted molar refractivity (Wildman–Crippen MR) is 61.7 cm³/mol. The summed E-state index contributed by atoms with van der Waals surface area (Å²) >= 11 is 0. The van der Waals surface area contributed by atoms with Crippen molar-refractivity contribution in [1.29, 1.82) is 5.26 Å². The fraction of sp³-hybridized carbons (Fsp3) is 0.500. The molecule has 3 heteroatoms. The van der Waals surface area contributed by atoms with E-state index in [1.807, 2.05) is 12.1 Å². The Morgan fingerprint density at radius 2 is 2.27 bits per heavy atom. The molecule has 0 saturated carbocycles. The van der Waals surface area contributed by atoms with Gasteiger partial charge in [-0.05, 0) is 32.4 Å². The SMILES string of the molecule is CCC(C)N(CC)c1cccnc1C#N. The van der Waals surface area contributed by atoms with Crippen LogP contribution in [0.1, 0.15) is 32.9 Å². The van der Waals surface area contributed by atoms with Crippen LogP contribution in [0.15, 0.2) is 18.3 Å². The van der Waals surface area contributed by atoms with Crippen molar-refractivity contribution in [2.45, 2.75) is 33.2 Å². The molecule has 0 fully saturated rings. The van der Waals surface area contributed by atoms with E-state index in [-0.39, 0.29) is 0 Å². The third kappa shape index (κ3) is 2.47. The Morgan fingerprint density at radius 3 is 2.80 bits per heavy atom. The van der Waals surface area contributed by atoms with E-state index in [4.69, 9.17) is 5.26 Å². The molecule has 0 radical (unpaired) electrons. The monoisotopic (exact) mass is 203 g/mol. The summed E-state index contributed by atoms with van der Waals surface area (Å²) in [5.41, 5.74) is 1.46. The Morgan fingerprint density at radius 1 is 1.53 bits per heavy atom. The maximum atomic E-state index is 8.98. The first kappa shape index (κ1) is 11.5. The van der Waals surface area contributed by atoms with E-state index in [1.165, 1.54) is 0 Å². The zero-order valence-corrected chi connectivity index (χ0v) is 9.57. The average Bonchev–Trinajstić information content (AvgIpc) is 2.30. The standard InChI is InChI=1S/C12H17N3/c1-4-10(3)15(5-2)12-7-6-8-14-11(12)9-13/h6-8,10H,4-5H2,1-3H3. The second-order valence-electron chi connectivity index (χ2n) is 3.53. The molecule has 0 aromatic carbocycles. The van der Waals surface area contributed by atoms with E-state index in [0.717, 1.165) is 18.7 Å². The van der Waals surface area contributed by atoms with Crippen LogP contribution in [0.2, 0.25) is 0 Å². The maximum absolute atomic E-state index is 8.98. The van der Waals surface area contributed by atoms with Gasteiger partial charge in [-0.25, -0.2) is 4.98 Å². The molecule has 0 N–H and O–H groups in total. The minimum atomic E-state index is 0.436. The fourth-order valence-corrected chi connectivity index (χ4v) is 1.65. The summed E-state index contributed by atoms with van der Waals surface area (Å²) in [4.78, 5) is 6.29. The van der Waals surface area contributed by atoms with Crippen LogP contribution in [0.3, 0.4) is 0 Å². The van der Waals surface area contributed by atoms with Crippen LogP contribution in [0.4, 0.5) is 5.69 Å². The van der Waals surface area contributed by atoms with Crippen LogP contribution in [0, 0.1) is 11.3 Å². The van der Waals surface area contributed by atoms with Gasteiger partial charge in [0.25, 0.3) is 0 Å². The number of aromatic nitrogens is 1. The number of nitrogens with zero attached hydrogens (tertiary/aromatic N) is 3. The Balaban J connectivity index is 3.07. The third-order valence-electron chi connectivity index (χ3n) is 2.67. The number of hydrogen-bond donors (Lipinski definition) is 0. The molecular formula is C12H17N3. The number of pyridine rings is 1. The van der Waals surface area contributed by atoms with Crippen LogP contribution in [-0.2, 0) is 0 Å². The normalized spacial score (nSPS) is 11.9. The zero-order valence-electron chi connectivity index (χ0n) is 9.57. The van der Waals surface area contributed by atoms with Gasteiger partial charge in [0.2, 0.25) is 0 Å². The van der Waals surface area contributed by atoms with E-state index in [9.17, 15) is 0 Å². The van der Waals surface area contributed by atoms with Crippen LogP contribution >= 0.6 is 0 Å². The molecule has 0 aliphatic heterocycles. The molecule has 80 valence electrons. The number of anilines is 1. The molecular weight excluding hydrogens is 186 g/mol. The van der Waals surface area contributed by atoms with Gasteiger partial charge in [-0.15, -0.1) is 0 Å². The molecule has 0 saturated heterocycles. The van der Waals surface area contributed by atoms with Gasteiger partial charge in [-0.3, -0.25) is 0 Å². The summed E-state index contributed by atoms with van der Waals surface area (Å²) in [5.74, 6) is 0. The van der Waals surface area contributed by atoms with Gasteiger partial charge in [-0.2, -0.15) is 5.26 Å². The lowest BCUT2D eigenvalue weighted by molar-refractivity contribution is 0.628. The lowest BCUT2D eigenvalue weighted by atomic mass is 10.2. The largest absolute Gasteiger partial charge is 0.367 e. The summed E-state index contributed by atoms with van der Waals surface area (Å²) in [7, 11) is 0. The minimum absolute atomic E-state index is 0.436. The van der Waals surface area contributed by atoms with Gasteiger partial charge < -0.3 is 4.90 Å². The van der Waals surface area contributed by atoms with Crippen molar-refractivity contribution in [2.24, 2.45) is 0 Å². The first-order valence-electron chi connectivity index (χ1n) is 5.36. The molecule has 1 unspecified atom stereocenters. The van der Waals surface area contributed by atoms with Crippen LogP contribution in [-0.4, -0.2) is 17.6 Å². The Bertz CT molecular complexity index is 354. The summed E-state index contributed by atoms with van der Waals surface area (Å²) in [5, 5.41) is 8.98. The fourth-order valence-electron chi connectivity index (χ4n) is 1.65. The van der Waals surface area contributed by atoms with E-state index in [2.05, 4.69) is 36.7 Å². The highest BCUT2D eigenvalue weighted by atomic mass is 15.2. The highest BCUT2D eigenvalue weighted by Gasteiger charge is 2.14. The van der Waals surface area contributed by atoms with Crippen molar-refractivity contribution in [3.8, 4) is 6.07 Å². The van der Waals surface area contributed by atoms with E-state index in [1.54, 1.807) is 6.20 Å². The quantitative estimate of drug-likeness (QED) is 0.755. The molecule has 1 rings (SSSR count). The second-order valence-corrected chi connectivity index (χ2v) is 3.53. The van der Waals surface area contributed by atoms with Crippen molar-refractivity contribution in [2.75, 3.05) is 11.4 Å². The topological polar surface area (TPSA) is 39.9 Å². The van der Waals surface area contributed by atoms with Gasteiger partial charge in [-0.1, -0.05) is 6.92 Å². The van der Waals surface area contributed by atoms with Crippen molar-refractivity contribution >= 4 is 5.69 Å². The van der Waals surface area contributed by atoms with Gasteiger partial charge in [0.1, 0.15) is 6.07 Å². The summed E-state index contributed by atoms with van der Waals surface area (Å²) < 4.78 is 0. The van der Waals surface area contributed by atoms with Gasteiger partial charge in [0.15, 0.2) is 5.69 Å². The van der Waals surface area contributed by atoms with Gasteiger partial charge in [0.05, 0.1) is 5.69 Å². The van der Waals surface area contributed by atoms with Crippen molar-refractivity contribution in [3.63, 3.8) is 0 Å². The number of rotatable bonds is 4. The van der Waals surface area contributed by atoms with Crippen LogP contribution in [0.25, 0.3) is 0 Å². The van der Waals surface area contributed by atoms with E-state index >= 15 is 0 Å². The molecule has 15 heavy (non-hydrogen) atoms. The molecule has 0 spiro atoms. The lowest BCUT2D eigenvalue weighted by Gasteiger charge is -2.29. The van der Waals surface area contributed by atoms with Crippen molar-refractivity contribution < 1.29 is 0 Å². The molecule has 1 atom stereocenters. The Labute approximate surface area is 91.4 Å². The van der Waals surface area contributed by atoms with Crippen molar-refractivity contribution in [1.82, 2.24) is 4.98 Å². The highest BCUT2D eigenvalue weighted by Crippen LogP contribution is 2.20. The lowest BCUT2D eigenvalue weighted by Crippen LogP contribution is -2.33. The molecule has 1 aromatic heterocycles. The van der Waals surface area contributed by atoms with E-state index < -0.39 is 0 Å². The Hall–Kier alpha value is -1.56. The smallest absolute Gasteiger partial charge is 0.163 e. The molecule has 1 aromatic rings. The minimum Gasteiger partial charge on any atom is -0.367 e. The van der Waals surface area contributed by atoms with Gasteiger partial charge in [0, 0.05) is 18.8 Å². The zero-order chi connectivity index (χ0) is 11.3. The highest BCUT2D eigenvalue weighted by molar-refractivity contribution is 5.56. The average molecular weight is 203 g/mol. The first-order valence-corrected chi connectivity index (χ1v) is 5.36. The molecule has 0 amide bonds. The molecule has 0 aliphatic carbocycles. The molecule has 3 nitrogen and oxygen atoms in total. The predicted octanol–water partition coefficient (Wildman–Crippen LogP) is 2.58. The van der Waals surface area contributed by atoms with Crippen LogP contribution in [0.5, 0.6) is 0 Å². The molecule has 1 heterocycles. The molecule has 0 aliphatic rings. The second kappa shape index (κ2) is 5.35.